The highest BCUT2D eigenvalue weighted by molar-refractivity contribution is 5.79. The van der Waals surface area contributed by atoms with E-state index < -0.39 is 0 Å². The van der Waals surface area contributed by atoms with Crippen molar-refractivity contribution in [3.05, 3.63) is 36.0 Å². The van der Waals surface area contributed by atoms with Gasteiger partial charge in [0.25, 0.3) is 0 Å². The molecule has 0 aromatic carbocycles. The van der Waals surface area contributed by atoms with E-state index >= 15 is 0 Å². The number of aromatic nitrogens is 4. The number of rotatable bonds is 11. The van der Waals surface area contributed by atoms with Crippen LogP contribution in [0.4, 0.5) is 0 Å². The molecule has 0 amide bonds. The molecule has 0 atom stereocenters. The molecule has 2 rings (SSSR count). The van der Waals surface area contributed by atoms with Gasteiger partial charge >= 0.3 is 0 Å². The third kappa shape index (κ3) is 6.86. The largest absolute Gasteiger partial charge is 0.475 e. The van der Waals surface area contributed by atoms with Crippen LogP contribution in [0.15, 0.2) is 29.6 Å². The molecule has 0 aliphatic heterocycles. The Hall–Kier alpha value is -2.68. The number of guanidine groups is 1. The van der Waals surface area contributed by atoms with Crippen molar-refractivity contribution >= 4 is 5.96 Å². The molecule has 0 saturated heterocycles. The van der Waals surface area contributed by atoms with Crippen molar-refractivity contribution < 1.29 is 9.47 Å². The summed E-state index contributed by atoms with van der Waals surface area (Å²) in [6.07, 6.45) is 4.33. The fraction of sp³-hybridized carbons (Fsp3) is 0.556. The third-order valence-corrected chi connectivity index (χ3v) is 3.79. The van der Waals surface area contributed by atoms with Gasteiger partial charge in [-0.15, -0.1) is 10.2 Å². The van der Waals surface area contributed by atoms with Crippen molar-refractivity contribution in [3.8, 4) is 5.88 Å². The van der Waals surface area contributed by atoms with Crippen LogP contribution in [0.1, 0.15) is 25.2 Å². The Morgan fingerprint density at radius 3 is 2.93 bits per heavy atom. The number of hydrogen-bond acceptors (Lipinski definition) is 6. The standard InChI is InChI=1S/C18H29N7O2/c1-4-16-24-23-14-25(16)10-9-21-18(19-5-2)22-13-15-7-6-8-20-17(15)27-12-11-26-3/h6-8,14H,4-5,9-13H2,1-3H3,(H2,19,21,22). The first kappa shape index (κ1) is 20.6. The predicted octanol–water partition coefficient (Wildman–Crippen LogP) is 1.02. The molecule has 0 unspecified atom stereocenters. The van der Waals surface area contributed by atoms with E-state index in [4.69, 9.17) is 9.47 Å². The van der Waals surface area contributed by atoms with Crippen LogP contribution >= 0.6 is 0 Å². The first-order valence-electron chi connectivity index (χ1n) is 9.22. The lowest BCUT2D eigenvalue weighted by atomic mass is 10.3. The Morgan fingerprint density at radius 2 is 2.15 bits per heavy atom. The van der Waals surface area contributed by atoms with Gasteiger partial charge in [0.2, 0.25) is 5.88 Å². The molecule has 0 fully saturated rings. The van der Waals surface area contributed by atoms with Gasteiger partial charge in [0.05, 0.1) is 13.2 Å². The monoisotopic (exact) mass is 375 g/mol. The Labute approximate surface area is 160 Å². The number of aryl methyl sites for hydroxylation is 1. The summed E-state index contributed by atoms with van der Waals surface area (Å²) in [7, 11) is 1.64. The summed E-state index contributed by atoms with van der Waals surface area (Å²) in [5.74, 6) is 2.31. The van der Waals surface area contributed by atoms with Gasteiger partial charge in [-0.05, 0) is 13.0 Å². The number of methoxy groups -OCH3 is 1. The average molecular weight is 375 g/mol. The molecule has 27 heavy (non-hydrogen) atoms. The van der Waals surface area contributed by atoms with Crippen LogP contribution in [-0.2, 0) is 24.2 Å². The fourth-order valence-corrected chi connectivity index (χ4v) is 2.44. The number of pyridine rings is 1. The van der Waals surface area contributed by atoms with E-state index in [1.807, 2.05) is 23.6 Å². The number of nitrogens with one attached hydrogen (secondary N) is 2. The number of hydrogen-bond donors (Lipinski definition) is 2. The highest BCUT2D eigenvalue weighted by Crippen LogP contribution is 2.15. The minimum atomic E-state index is 0.460. The van der Waals surface area contributed by atoms with Crippen LogP contribution in [0.25, 0.3) is 0 Å². The third-order valence-electron chi connectivity index (χ3n) is 3.79. The first-order valence-corrected chi connectivity index (χ1v) is 9.22. The van der Waals surface area contributed by atoms with E-state index in [1.54, 1.807) is 19.6 Å². The minimum Gasteiger partial charge on any atom is -0.475 e. The van der Waals surface area contributed by atoms with Crippen molar-refractivity contribution in [1.82, 2.24) is 30.4 Å². The smallest absolute Gasteiger partial charge is 0.218 e. The maximum atomic E-state index is 5.66. The van der Waals surface area contributed by atoms with Gasteiger partial charge in [-0.25, -0.2) is 9.98 Å². The molecule has 9 nitrogen and oxygen atoms in total. The SMILES string of the molecule is CCNC(=NCc1cccnc1OCCOC)NCCn1cnnc1CC. The molecule has 2 aromatic rings. The van der Waals surface area contributed by atoms with E-state index in [0.717, 1.165) is 43.4 Å². The van der Waals surface area contributed by atoms with E-state index in [0.29, 0.717) is 25.6 Å². The molecule has 0 bridgehead atoms. The Morgan fingerprint density at radius 1 is 1.26 bits per heavy atom. The second-order valence-corrected chi connectivity index (χ2v) is 5.72. The van der Waals surface area contributed by atoms with Crippen LogP contribution < -0.4 is 15.4 Å². The van der Waals surface area contributed by atoms with E-state index in [-0.39, 0.29) is 0 Å². The van der Waals surface area contributed by atoms with E-state index in [2.05, 4.69) is 37.7 Å². The van der Waals surface area contributed by atoms with Crippen LogP contribution in [0, 0.1) is 0 Å². The normalized spacial score (nSPS) is 11.4. The summed E-state index contributed by atoms with van der Waals surface area (Å²) in [4.78, 5) is 8.92. The van der Waals surface area contributed by atoms with Gasteiger partial charge in [0.15, 0.2) is 5.96 Å². The van der Waals surface area contributed by atoms with E-state index in [1.165, 1.54) is 0 Å². The summed E-state index contributed by atoms with van der Waals surface area (Å²) >= 11 is 0. The first-order chi connectivity index (χ1) is 13.3. The summed E-state index contributed by atoms with van der Waals surface area (Å²) in [6.45, 7) is 7.84. The van der Waals surface area contributed by atoms with Crippen LogP contribution in [0.2, 0.25) is 0 Å². The number of ether oxygens (including phenoxy) is 2. The van der Waals surface area contributed by atoms with Crippen molar-refractivity contribution in [2.45, 2.75) is 33.4 Å². The molecular formula is C18H29N7O2. The Bertz CT molecular complexity index is 703. The van der Waals surface area contributed by atoms with Gasteiger partial charge < -0.3 is 24.7 Å². The summed E-state index contributed by atoms with van der Waals surface area (Å²) < 4.78 is 12.7. The highest BCUT2D eigenvalue weighted by atomic mass is 16.5. The average Bonchev–Trinajstić information content (AvgIpc) is 3.14. The zero-order chi connectivity index (χ0) is 19.3. The van der Waals surface area contributed by atoms with Gasteiger partial charge in [0, 0.05) is 44.9 Å². The van der Waals surface area contributed by atoms with Gasteiger partial charge in [-0.3, -0.25) is 0 Å². The van der Waals surface area contributed by atoms with Crippen molar-refractivity contribution in [2.75, 3.05) is 33.4 Å². The number of aliphatic imine (C=N–C) groups is 1. The molecule has 0 aliphatic rings. The van der Waals surface area contributed by atoms with Crippen LogP contribution in [0.3, 0.4) is 0 Å². The number of nitrogens with zero attached hydrogens (tertiary/aromatic N) is 5. The lowest BCUT2D eigenvalue weighted by Crippen LogP contribution is -2.39. The summed E-state index contributed by atoms with van der Waals surface area (Å²) in [6, 6.07) is 3.85. The molecule has 0 spiro atoms. The molecule has 0 saturated carbocycles. The fourth-order valence-electron chi connectivity index (χ4n) is 2.44. The molecule has 2 N–H and O–H groups in total. The molecular weight excluding hydrogens is 346 g/mol. The lowest BCUT2D eigenvalue weighted by molar-refractivity contribution is 0.143. The zero-order valence-electron chi connectivity index (χ0n) is 16.3. The maximum Gasteiger partial charge on any atom is 0.218 e. The van der Waals surface area contributed by atoms with Gasteiger partial charge in [0.1, 0.15) is 18.8 Å². The zero-order valence-corrected chi connectivity index (χ0v) is 16.3. The second-order valence-electron chi connectivity index (χ2n) is 5.72. The van der Waals surface area contributed by atoms with Crippen LogP contribution in [0.5, 0.6) is 5.88 Å². The highest BCUT2D eigenvalue weighted by Gasteiger charge is 2.06. The van der Waals surface area contributed by atoms with Gasteiger partial charge in [-0.2, -0.15) is 0 Å². The molecule has 0 radical (unpaired) electrons. The molecule has 148 valence electrons. The molecule has 2 heterocycles. The van der Waals surface area contributed by atoms with Gasteiger partial charge in [-0.1, -0.05) is 13.0 Å². The maximum absolute atomic E-state index is 5.66. The van der Waals surface area contributed by atoms with Crippen molar-refractivity contribution in [1.29, 1.82) is 0 Å². The van der Waals surface area contributed by atoms with E-state index in [9.17, 15) is 0 Å². The minimum absolute atomic E-state index is 0.460. The van der Waals surface area contributed by atoms with Crippen LogP contribution in [-0.4, -0.2) is 59.1 Å². The van der Waals surface area contributed by atoms with Crippen molar-refractivity contribution in [3.63, 3.8) is 0 Å². The Kier molecular flexibility index (Phi) is 9.05. The second kappa shape index (κ2) is 11.8. The molecule has 2 aromatic heterocycles. The summed E-state index contributed by atoms with van der Waals surface area (Å²) in [5, 5.41) is 14.6. The molecule has 0 aliphatic carbocycles. The Balaban J connectivity index is 1.93. The van der Waals surface area contributed by atoms with Crippen molar-refractivity contribution in [2.24, 2.45) is 4.99 Å². The summed E-state index contributed by atoms with van der Waals surface area (Å²) in [5.41, 5.74) is 0.929. The quantitative estimate of drug-likeness (QED) is 0.344. The lowest BCUT2D eigenvalue weighted by Gasteiger charge is -2.13. The molecule has 9 heteroatoms. The predicted molar refractivity (Wildman–Crippen MR) is 104 cm³/mol. The topological polar surface area (TPSA) is 98.5 Å².